The van der Waals surface area contributed by atoms with Crippen molar-refractivity contribution in [1.29, 1.82) is 0 Å². The molecule has 1 saturated heterocycles. The Kier molecular flexibility index (Phi) is 8.18. The molecule has 0 bridgehead atoms. The standard InChI is InChI=1S/C23H21FN2O7S2.H3NO/c24-15-1-3-17(4-2-15)33-18-5-7-19(8-6-18)35(29,30)26(11-16-12-34-13-25-16)23(22(27)28)9-20-21(10-23)32-14-31-20;1-2/h1-8,12-13,20-21H,9-11,14H2,(H,27,28);2H,1H2. The number of ether oxygens (including phenoxy) is 3. The minimum Gasteiger partial charge on any atom is -0.480 e. The predicted molar refractivity (Wildman–Crippen MR) is 128 cm³/mol. The molecule has 2 unspecified atom stereocenters. The number of hydrogen-bond acceptors (Lipinski definition) is 10. The van der Waals surface area contributed by atoms with Crippen molar-refractivity contribution in [1.82, 2.24) is 9.29 Å². The number of aromatic nitrogens is 1. The van der Waals surface area contributed by atoms with Gasteiger partial charge in [-0.25, -0.2) is 23.7 Å². The second-order valence-corrected chi connectivity index (χ2v) is 10.9. The van der Waals surface area contributed by atoms with Crippen LogP contribution in [-0.2, 0) is 30.8 Å². The van der Waals surface area contributed by atoms with Crippen LogP contribution in [0, 0.1) is 5.82 Å². The van der Waals surface area contributed by atoms with Crippen LogP contribution in [-0.4, -0.2) is 58.5 Å². The minimum atomic E-state index is -4.29. The number of aliphatic carboxylic acids is 1. The number of thiazole rings is 1. The molecule has 0 spiro atoms. The zero-order chi connectivity index (χ0) is 26.6. The summed E-state index contributed by atoms with van der Waals surface area (Å²) in [5.41, 5.74) is 0.237. The molecule has 0 radical (unpaired) electrons. The van der Waals surface area contributed by atoms with E-state index < -0.39 is 39.6 Å². The minimum absolute atomic E-state index is 0.0396. The molecule has 2 atom stereocenters. The van der Waals surface area contributed by atoms with Crippen molar-refractivity contribution in [2.75, 3.05) is 6.79 Å². The largest absolute Gasteiger partial charge is 0.480 e. The molecule has 198 valence electrons. The molecule has 1 aliphatic carbocycles. The second-order valence-electron chi connectivity index (χ2n) is 8.29. The van der Waals surface area contributed by atoms with Crippen molar-refractivity contribution in [2.24, 2.45) is 5.90 Å². The van der Waals surface area contributed by atoms with Gasteiger partial charge < -0.3 is 24.5 Å². The molecular weight excluding hydrogens is 529 g/mol. The quantitative estimate of drug-likeness (QED) is 0.354. The average molecular weight is 554 g/mol. The number of fused-ring (bicyclic) bond motifs is 1. The molecule has 14 heteroatoms. The summed E-state index contributed by atoms with van der Waals surface area (Å²) >= 11 is 1.29. The third-order valence-corrected chi connectivity index (χ3v) is 8.74. The van der Waals surface area contributed by atoms with Crippen molar-refractivity contribution in [2.45, 2.75) is 42.0 Å². The van der Waals surface area contributed by atoms with E-state index in [0.717, 1.165) is 4.31 Å². The number of rotatable bonds is 8. The Morgan fingerprint density at radius 2 is 1.68 bits per heavy atom. The Labute approximate surface area is 215 Å². The first kappa shape index (κ1) is 27.1. The topological polar surface area (TPSA) is 162 Å². The Bertz CT molecular complexity index is 1290. The van der Waals surface area contributed by atoms with Crippen molar-refractivity contribution in [3.63, 3.8) is 0 Å². The number of nitrogens with zero attached hydrogens (tertiary/aromatic N) is 2. The average Bonchev–Trinajstić information content (AvgIpc) is 3.63. The van der Waals surface area contributed by atoms with Crippen LogP contribution < -0.4 is 10.6 Å². The lowest BCUT2D eigenvalue weighted by Gasteiger charge is -2.36. The highest BCUT2D eigenvalue weighted by Crippen LogP contribution is 2.44. The number of halogens is 1. The molecule has 2 heterocycles. The van der Waals surface area contributed by atoms with E-state index in [2.05, 4.69) is 10.9 Å². The van der Waals surface area contributed by atoms with Gasteiger partial charge in [0.25, 0.3) is 0 Å². The van der Waals surface area contributed by atoms with Crippen molar-refractivity contribution < 1.29 is 42.1 Å². The molecule has 1 aliphatic heterocycles. The highest BCUT2D eigenvalue weighted by Gasteiger charge is 2.60. The van der Waals surface area contributed by atoms with E-state index in [1.807, 2.05) is 0 Å². The fraction of sp³-hybridized carbons (Fsp3) is 0.304. The van der Waals surface area contributed by atoms with Gasteiger partial charge in [-0.2, -0.15) is 4.31 Å². The van der Waals surface area contributed by atoms with E-state index in [0.29, 0.717) is 17.2 Å². The normalized spacial score (nSPS) is 22.8. The van der Waals surface area contributed by atoms with Crippen LogP contribution in [0.5, 0.6) is 11.5 Å². The molecule has 1 aromatic heterocycles. The van der Waals surface area contributed by atoms with E-state index in [9.17, 15) is 22.7 Å². The van der Waals surface area contributed by atoms with E-state index in [-0.39, 0.29) is 31.1 Å². The third-order valence-electron chi connectivity index (χ3n) is 6.18. The lowest BCUT2D eigenvalue weighted by molar-refractivity contribution is -0.150. The predicted octanol–water partition coefficient (Wildman–Crippen LogP) is 2.96. The zero-order valence-corrected chi connectivity index (χ0v) is 20.9. The Balaban J connectivity index is 0.00000156. The van der Waals surface area contributed by atoms with E-state index in [4.69, 9.17) is 19.4 Å². The first-order valence-electron chi connectivity index (χ1n) is 10.9. The summed E-state index contributed by atoms with van der Waals surface area (Å²) in [4.78, 5) is 16.7. The number of carboxylic acid groups (broad SMARTS) is 1. The third kappa shape index (κ3) is 5.50. The molecule has 2 aliphatic rings. The lowest BCUT2D eigenvalue weighted by atomic mass is 9.97. The highest BCUT2D eigenvalue weighted by molar-refractivity contribution is 7.89. The number of sulfonamides is 1. The monoisotopic (exact) mass is 553 g/mol. The number of hydrogen-bond donors (Lipinski definition) is 3. The van der Waals surface area contributed by atoms with Gasteiger partial charge in [-0.15, -0.1) is 11.3 Å². The van der Waals surface area contributed by atoms with Gasteiger partial charge in [-0.1, -0.05) is 0 Å². The van der Waals surface area contributed by atoms with Crippen LogP contribution in [0.4, 0.5) is 4.39 Å². The molecule has 11 nitrogen and oxygen atoms in total. The summed E-state index contributed by atoms with van der Waals surface area (Å²) in [6, 6.07) is 11.0. The molecule has 0 amide bonds. The first-order valence-corrected chi connectivity index (χ1v) is 13.3. The van der Waals surface area contributed by atoms with Crippen LogP contribution in [0.25, 0.3) is 0 Å². The molecule has 2 fully saturated rings. The van der Waals surface area contributed by atoms with Crippen LogP contribution in [0.1, 0.15) is 18.5 Å². The second kappa shape index (κ2) is 11.2. The maximum absolute atomic E-state index is 13.9. The van der Waals surface area contributed by atoms with E-state index in [1.165, 1.54) is 59.9 Å². The van der Waals surface area contributed by atoms with Crippen LogP contribution in [0.15, 0.2) is 64.3 Å². The summed E-state index contributed by atoms with van der Waals surface area (Å²) < 4.78 is 58.5. The molecular formula is C23H24FN3O8S2. The number of carbonyl (C=O) groups is 1. The number of benzene rings is 2. The Morgan fingerprint density at radius 1 is 1.11 bits per heavy atom. The van der Waals surface area contributed by atoms with Gasteiger partial charge in [0.05, 0.1) is 34.9 Å². The molecule has 37 heavy (non-hydrogen) atoms. The Morgan fingerprint density at radius 3 is 2.19 bits per heavy atom. The zero-order valence-electron chi connectivity index (χ0n) is 19.3. The summed E-state index contributed by atoms with van der Waals surface area (Å²) in [6.45, 7) is -0.162. The highest BCUT2D eigenvalue weighted by atomic mass is 32.2. The molecule has 5 rings (SSSR count). The SMILES string of the molecule is NO.O=C(O)C1(N(Cc2cscn2)S(=O)(=O)c2ccc(Oc3ccc(F)cc3)cc2)CC2OCOC2C1. The fourth-order valence-electron chi connectivity index (χ4n) is 4.42. The van der Waals surface area contributed by atoms with Gasteiger partial charge in [0, 0.05) is 18.2 Å². The molecule has 3 aromatic rings. The van der Waals surface area contributed by atoms with Crippen LogP contribution in [0.2, 0.25) is 0 Å². The van der Waals surface area contributed by atoms with Gasteiger partial charge in [0.2, 0.25) is 10.0 Å². The van der Waals surface area contributed by atoms with Gasteiger partial charge in [0.15, 0.2) is 0 Å². The van der Waals surface area contributed by atoms with Gasteiger partial charge in [-0.05, 0) is 48.5 Å². The van der Waals surface area contributed by atoms with E-state index in [1.54, 1.807) is 10.9 Å². The van der Waals surface area contributed by atoms with Gasteiger partial charge in [0.1, 0.15) is 29.6 Å². The smallest absolute Gasteiger partial charge is 0.325 e. The molecule has 4 N–H and O–H groups in total. The summed E-state index contributed by atoms with van der Waals surface area (Å²) in [6.07, 6.45) is -1.10. The summed E-state index contributed by atoms with van der Waals surface area (Å²) in [5, 5.41) is 18.5. The summed E-state index contributed by atoms with van der Waals surface area (Å²) in [5.74, 6) is 2.55. The lowest BCUT2D eigenvalue weighted by Crippen LogP contribution is -2.55. The molecule has 1 saturated carbocycles. The van der Waals surface area contributed by atoms with Crippen LogP contribution in [0.3, 0.4) is 0 Å². The van der Waals surface area contributed by atoms with Crippen LogP contribution >= 0.6 is 11.3 Å². The Hall–Kier alpha value is -2.98. The number of nitrogens with two attached hydrogens (primary N) is 1. The fourth-order valence-corrected chi connectivity index (χ4v) is 6.69. The summed E-state index contributed by atoms with van der Waals surface area (Å²) in [7, 11) is -4.29. The first-order chi connectivity index (χ1) is 17.8. The molecule has 2 aromatic carbocycles. The van der Waals surface area contributed by atoms with Gasteiger partial charge >= 0.3 is 5.97 Å². The maximum atomic E-state index is 13.9. The van der Waals surface area contributed by atoms with E-state index >= 15 is 0 Å². The van der Waals surface area contributed by atoms with Crippen molar-refractivity contribution >= 4 is 27.3 Å². The maximum Gasteiger partial charge on any atom is 0.325 e. The van der Waals surface area contributed by atoms with Crippen molar-refractivity contribution in [3.8, 4) is 11.5 Å². The van der Waals surface area contributed by atoms with Gasteiger partial charge in [-0.3, -0.25) is 4.79 Å². The number of carboxylic acids is 1. The van der Waals surface area contributed by atoms with Crippen molar-refractivity contribution in [3.05, 3.63) is 70.9 Å².